The number of benzene rings is 2. The van der Waals surface area contributed by atoms with Gasteiger partial charge < -0.3 is 25.6 Å². The second kappa shape index (κ2) is 15.6. The van der Waals surface area contributed by atoms with Gasteiger partial charge in [0.1, 0.15) is 34.9 Å². The number of fused-ring (bicyclic) bond motifs is 6. The number of thioether (sulfide) groups is 1. The number of nitrogens with one attached hydrogen (secondary N) is 3. The number of carbonyl (C=O) groups is 4. The van der Waals surface area contributed by atoms with E-state index in [-0.39, 0.29) is 35.8 Å². The molecule has 5 heterocycles. The molecule has 2 aromatic carbocycles. The van der Waals surface area contributed by atoms with Crippen molar-refractivity contribution in [1.29, 1.82) is 0 Å². The molecule has 3 aromatic rings. The summed E-state index contributed by atoms with van der Waals surface area (Å²) in [6.45, 7) is 6.28. The van der Waals surface area contributed by atoms with Crippen molar-refractivity contribution in [2.75, 3.05) is 12.3 Å². The molecule has 4 unspecified atom stereocenters. The van der Waals surface area contributed by atoms with Crippen molar-refractivity contribution in [1.82, 2.24) is 25.8 Å². The summed E-state index contributed by atoms with van der Waals surface area (Å²) in [5, 5.41) is 12.2. The molecule has 0 radical (unpaired) electrons. The van der Waals surface area contributed by atoms with Gasteiger partial charge in [-0.05, 0) is 43.2 Å². The first-order valence-electron chi connectivity index (χ1n) is 17.8. The van der Waals surface area contributed by atoms with Gasteiger partial charge in [0.25, 0.3) is 5.91 Å². The quantitative estimate of drug-likeness (QED) is 0.360. The molecule has 1 fully saturated rings. The SMILES string of the molecule is CC(C)C1NC(=O)[C@H]2N=C(O[C@@H]2C)C2CCCN2C(=O)[C@H](Cc2ccccc2)NC(=O)c2csc(n2)C(Cc2ccccc2)NC(=O)C2CSC1=N2. The molecule has 1 aromatic heterocycles. The first-order valence-corrected chi connectivity index (χ1v) is 19.7. The monoisotopic (exact) mass is 741 g/mol. The van der Waals surface area contributed by atoms with Crippen LogP contribution in [0.1, 0.15) is 66.3 Å². The maximum atomic E-state index is 14.4. The number of amides is 4. The van der Waals surface area contributed by atoms with E-state index in [1.54, 1.807) is 17.2 Å². The van der Waals surface area contributed by atoms with Gasteiger partial charge in [0, 0.05) is 24.1 Å². The van der Waals surface area contributed by atoms with Crippen LogP contribution in [0.25, 0.3) is 0 Å². The lowest BCUT2D eigenvalue weighted by Gasteiger charge is -2.29. The molecular weight excluding hydrogens is 699 g/mol. The van der Waals surface area contributed by atoms with Crippen molar-refractivity contribution >= 4 is 57.7 Å². The van der Waals surface area contributed by atoms with Crippen molar-refractivity contribution in [3.8, 4) is 0 Å². The zero-order valence-corrected chi connectivity index (χ0v) is 31.0. The van der Waals surface area contributed by atoms with Crippen molar-refractivity contribution in [2.24, 2.45) is 15.9 Å². The van der Waals surface area contributed by atoms with Gasteiger partial charge in [-0.1, -0.05) is 74.5 Å². The molecule has 12 nitrogen and oxygen atoms in total. The molecule has 0 saturated carbocycles. The molecule has 4 aliphatic rings. The van der Waals surface area contributed by atoms with Crippen molar-refractivity contribution < 1.29 is 23.9 Å². The fourth-order valence-electron chi connectivity index (χ4n) is 7.05. The first-order chi connectivity index (χ1) is 25.1. The second-order valence-corrected chi connectivity index (χ2v) is 15.9. The Morgan fingerprint density at radius 3 is 2.27 bits per heavy atom. The molecule has 7 atom stereocenters. The van der Waals surface area contributed by atoms with E-state index in [9.17, 15) is 19.2 Å². The van der Waals surface area contributed by atoms with Gasteiger partial charge in [-0.15, -0.1) is 23.1 Å². The highest BCUT2D eigenvalue weighted by Gasteiger charge is 2.44. The summed E-state index contributed by atoms with van der Waals surface area (Å²) >= 11 is 2.75. The average Bonchev–Trinajstić information content (AvgIpc) is 3.97. The summed E-state index contributed by atoms with van der Waals surface area (Å²) in [6.07, 6.45) is 1.53. The van der Waals surface area contributed by atoms with Gasteiger partial charge in [-0.2, -0.15) is 0 Å². The predicted octanol–water partition coefficient (Wildman–Crippen LogP) is 3.73. The smallest absolute Gasteiger partial charge is 0.271 e. The standard InChI is InChI=1S/C38H43N7O5S2/c1-21(2)30-37-42-28(20-52-37)32(46)39-25(17-23-11-6-4-7-12-23)36-41-27(19-51-36)33(47)40-26(18-24-13-8-5-9-14-24)38(49)45-16-10-15-29(45)35-44-31(22(3)50-35)34(48)43-30/h4-9,11-14,19,21-22,25-26,28-31H,10,15-18,20H2,1-3H3,(H,39,46)(H,40,47)(H,43,48)/t22-,25?,26+,28?,29?,30?,31+/m1/s1. The van der Waals surface area contributed by atoms with Crippen LogP contribution >= 0.6 is 23.1 Å². The Bertz CT molecular complexity index is 1870. The van der Waals surface area contributed by atoms with E-state index >= 15 is 0 Å². The van der Waals surface area contributed by atoms with Crippen LogP contribution in [0.3, 0.4) is 0 Å². The number of thiazole rings is 1. The van der Waals surface area contributed by atoms with E-state index in [1.165, 1.54) is 23.1 Å². The van der Waals surface area contributed by atoms with Crippen LogP contribution in [0.4, 0.5) is 0 Å². The van der Waals surface area contributed by atoms with E-state index in [0.717, 1.165) is 17.5 Å². The molecule has 4 amide bonds. The molecule has 272 valence electrons. The highest BCUT2D eigenvalue weighted by molar-refractivity contribution is 8.14. The second-order valence-electron chi connectivity index (χ2n) is 14.0. The molecule has 14 heteroatoms. The van der Waals surface area contributed by atoms with Crippen LogP contribution in [0.15, 0.2) is 76.0 Å². The minimum Gasteiger partial charge on any atom is -0.474 e. The zero-order valence-electron chi connectivity index (χ0n) is 29.4. The van der Waals surface area contributed by atoms with Crippen LogP contribution in [0.2, 0.25) is 0 Å². The van der Waals surface area contributed by atoms with Gasteiger partial charge in [0.15, 0.2) is 6.04 Å². The van der Waals surface area contributed by atoms with Crippen LogP contribution < -0.4 is 16.0 Å². The molecule has 0 aliphatic carbocycles. The average molecular weight is 742 g/mol. The third kappa shape index (κ3) is 7.77. The highest BCUT2D eigenvalue weighted by Crippen LogP contribution is 2.29. The van der Waals surface area contributed by atoms with Crippen LogP contribution in [-0.4, -0.2) is 93.1 Å². The highest BCUT2D eigenvalue weighted by atomic mass is 32.2. The third-order valence-electron chi connectivity index (χ3n) is 9.85. The molecule has 7 rings (SSSR count). The van der Waals surface area contributed by atoms with Crippen molar-refractivity contribution in [3.63, 3.8) is 0 Å². The fourth-order valence-corrected chi connectivity index (χ4v) is 9.17. The number of ether oxygens (including phenoxy) is 1. The Balaban J connectivity index is 1.26. The summed E-state index contributed by atoms with van der Waals surface area (Å²) in [7, 11) is 0. The molecule has 6 bridgehead atoms. The number of aromatic nitrogens is 1. The maximum Gasteiger partial charge on any atom is 0.271 e. The van der Waals surface area contributed by atoms with Gasteiger partial charge in [0.05, 0.1) is 17.1 Å². The Morgan fingerprint density at radius 1 is 0.885 bits per heavy atom. The summed E-state index contributed by atoms with van der Waals surface area (Å²) < 4.78 is 6.20. The Labute approximate surface area is 311 Å². The minimum atomic E-state index is -0.897. The zero-order chi connectivity index (χ0) is 36.4. The molecule has 52 heavy (non-hydrogen) atoms. The third-order valence-corrected chi connectivity index (χ3v) is 11.9. The number of carbonyl (C=O) groups excluding carboxylic acids is 4. The number of nitrogens with zero attached hydrogens (tertiary/aromatic N) is 4. The number of aliphatic imine (C=N–C) groups is 2. The number of hydrogen-bond donors (Lipinski definition) is 3. The van der Waals surface area contributed by atoms with Crippen molar-refractivity contribution in [2.45, 2.75) is 88.8 Å². The molecule has 4 aliphatic heterocycles. The Kier molecular flexibility index (Phi) is 10.7. The lowest BCUT2D eigenvalue weighted by atomic mass is 10.0. The lowest BCUT2D eigenvalue weighted by Crippen LogP contribution is -2.52. The number of hydrogen-bond acceptors (Lipinski definition) is 10. The Morgan fingerprint density at radius 2 is 1.58 bits per heavy atom. The predicted molar refractivity (Wildman–Crippen MR) is 201 cm³/mol. The van der Waals surface area contributed by atoms with Gasteiger partial charge in [-0.25, -0.2) is 9.98 Å². The largest absolute Gasteiger partial charge is 0.474 e. The van der Waals surface area contributed by atoms with Crippen LogP contribution in [0, 0.1) is 5.92 Å². The maximum absolute atomic E-state index is 14.4. The van der Waals surface area contributed by atoms with E-state index < -0.39 is 48.3 Å². The summed E-state index contributed by atoms with van der Waals surface area (Å²) in [5.74, 6) is -0.510. The molecular formula is C38H43N7O5S2. The van der Waals surface area contributed by atoms with Crippen LogP contribution in [0.5, 0.6) is 0 Å². The fraction of sp³-hybridized carbons (Fsp3) is 0.447. The van der Waals surface area contributed by atoms with E-state index in [1.807, 2.05) is 74.5 Å². The lowest BCUT2D eigenvalue weighted by molar-refractivity contribution is -0.133. The minimum absolute atomic E-state index is 0.00574. The summed E-state index contributed by atoms with van der Waals surface area (Å²) in [4.78, 5) is 71.9. The van der Waals surface area contributed by atoms with E-state index in [2.05, 4.69) is 16.0 Å². The van der Waals surface area contributed by atoms with E-state index in [0.29, 0.717) is 41.1 Å². The summed E-state index contributed by atoms with van der Waals surface area (Å²) in [6, 6.07) is 15.6. The molecule has 1 saturated heterocycles. The van der Waals surface area contributed by atoms with E-state index in [4.69, 9.17) is 19.7 Å². The van der Waals surface area contributed by atoms with Crippen molar-refractivity contribution in [3.05, 3.63) is 87.9 Å². The number of rotatable bonds is 5. The van der Waals surface area contributed by atoms with Gasteiger partial charge in [-0.3, -0.25) is 24.2 Å². The topological polar surface area (TPSA) is 154 Å². The van der Waals surface area contributed by atoms with Crippen LogP contribution in [-0.2, 0) is 32.0 Å². The van der Waals surface area contributed by atoms with Gasteiger partial charge >= 0.3 is 0 Å². The summed E-state index contributed by atoms with van der Waals surface area (Å²) in [5.41, 5.74) is 2.06. The molecule has 3 N–H and O–H groups in total. The van der Waals surface area contributed by atoms with Gasteiger partial charge in [0.2, 0.25) is 23.6 Å². The normalized spacial score (nSPS) is 28.2. The first kappa shape index (κ1) is 35.8. The Hall–Kier alpha value is -4.56. The molecule has 0 spiro atoms.